The fraction of sp³-hybridized carbons (Fsp3) is 0.182. The minimum absolute atomic E-state index is 0.140. The molecule has 1 atom stereocenters. The van der Waals surface area contributed by atoms with Crippen molar-refractivity contribution in [2.45, 2.75) is 13.0 Å². The van der Waals surface area contributed by atoms with Crippen molar-refractivity contribution in [2.24, 2.45) is 5.73 Å². The fourth-order valence-corrected chi connectivity index (χ4v) is 2.77. The summed E-state index contributed by atoms with van der Waals surface area (Å²) in [5.74, 6) is 0. The molecule has 2 rings (SSSR count). The lowest BCUT2D eigenvalue weighted by molar-refractivity contribution is 0.840. The van der Waals surface area contributed by atoms with Crippen LogP contribution in [0.4, 0.5) is 0 Å². The molecule has 0 aliphatic carbocycles. The van der Waals surface area contributed by atoms with Crippen molar-refractivity contribution >= 4 is 27.3 Å². The Kier molecular flexibility index (Phi) is 3.19. The number of thiophene rings is 1. The van der Waals surface area contributed by atoms with E-state index >= 15 is 0 Å². The molecule has 0 saturated heterocycles. The first-order valence-electron chi connectivity index (χ1n) is 4.61. The van der Waals surface area contributed by atoms with Gasteiger partial charge in [0, 0.05) is 20.4 Å². The van der Waals surface area contributed by atoms with Gasteiger partial charge in [0.15, 0.2) is 0 Å². The molecule has 2 nitrogen and oxygen atoms in total. The zero-order chi connectivity index (χ0) is 10.8. The summed E-state index contributed by atoms with van der Waals surface area (Å²) in [6.45, 7) is 2.08. The van der Waals surface area contributed by atoms with E-state index in [9.17, 15) is 0 Å². The first kappa shape index (κ1) is 10.8. The van der Waals surface area contributed by atoms with Gasteiger partial charge in [-0.3, -0.25) is 4.98 Å². The molecule has 1 unspecified atom stereocenters. The number of pyridine rings is 1. The van der Waals surface area contributed by atoms with Crippen LogP contribution in [0, 0.1) is 6.92 Å². The van der Waals surface area contributed by atoms with Gasteiger partial charge in [0.1, 0.15) is 0 Å². The minimum Gasteiger partial charge on any atom is -0.318 e. The topological polar surface area (TPSA) is 38.9 Å². The second-order valence-electron chi connectivity index (χ2n) is 3.30. The predicted octanol–water partition coefficient (Wildman–Crippen LogP) is 3.26. The third-order valence-corrected chi connectivity index (χ3v) is 3.90. The van der Waals surface area contributed by atoms with Crippen molar-refractivity contribution in [3.63, 3.8) is 0 Å². The second-order valence-corrected chi connectivity index (χ2v) is 5.47. The third kappa shape index (κ3) is 2.27. The Bertz CT molecular complexity index is 467. The number of nitrogens with zero attached hydrogens (tertiary/aromatic N) is 1. The molecule has 0 saturated carbocycles. The van der Waals surface area contributed by atoms with E-state index < -0.39 is 0 Å². The summed E-state index contributed by atoms with van der Waals surface area (Å²) in [5.41, 5.74) is 7.04. The van der Waals surface area contributed by atoms with Crippen molar-refractivity contribution in [1.82, 2.24) is 4.98 Å². The van der Waals surface area contributed by atoms with Crippen LogP contribution in [0.5, 0.6) is 0 Å². The molecular formula is C11H11BrN2S. The molecule has 2 aromatic heterocycles. The lowest BCUT2D eigenvalue weighted by Gasteiger charge is -2.10. The van der Waals surface area contributed by atoms with E-state index in [1.54, 1.807) is 17.5 Å². The van der Waals surface area contributed by atoms with Gasteiger partial charge in [0.2, 0.25) is 0 Å². The molecule has 0 radical (unpaired) electrons. The average Bonchev–Trinajstić information content (AvgIpc) is 2.65. The number of hydrogen-bond donors (Lipinski definition) is 1. The third-order valence-electron chi connectivity index (χ3n) is 2.15. The van der Waals surface area contributed by atoms with Gasteiger partial charge in [0.05, 0.1) is 11.7 Å². The van der Waals surface area contributed by atoms with Crippen LogP contribution in [-0.4, -0.2) is 4.98 Å². The van der Waals surface area contributed by atoms with Gasteiger partial charge >= 0.3 is 0 Å². The van der Waals surface area contributed by atoms with E-state index in [2.05, 4.69) is 40.0 Å². The Hall–Kier alpha value is -0.710. The average molecular weight is 283 g/mol. The summed E-state index contributed by atoms with van der Waals surface area (Å²) in [7, 11) is 0. The molecule has 0 bridgehead atoms. The van der Waals surface area contributed by atoms with Crippen molar-refractivity contribution < 1.29 is 0 Å². The van der Waals surface area contributed by atoms with Gasteiger partial charge in [-0.2, -0.15) is 0 Å². The Morgan fingerprint density at radius 3 is 2.80 bits per heavy atom. The first-order chi connectivity index (χ1) is 7.18. The fourth-order valence-electron chi connectivity index (χ4n) is 1.38. The number of aromatic nitrogens is 1. The summed E-state index contributed by atoms with van der Waals surface area (Å²) < 4.78 is 0.962. The molecule has 0 fully saturated rings. The molecule has 2 heterocycles. The van der Waals surface area contributed by atoms with E-state index in [1.165, 1.54) is 4.88 Å². The van der Waals surface area contributed by atoms with Crippen molar-refractivity contribution in [3.8, 4) is 0 Å². The zero-order valence-corrected chi connectivity index (χ0v) is 10.7. The highest BCUT2D eigenvalue weighted by Crippen LogP contribution is 2.28. The number of rotatable bonds is 2. The maximum absolute atomic E-state index is 6.15. The number of hydrogen-bond acceptors (Lipinski definition) is 3. The van der Waals surface area contributed by atoms with Gasteiger partial charge in [-0.25, -0.2) is 0 Å². The van der Waals surface area contributed by atoms with Crippen LogP contribution in [0.25, 0.3) is 0 Å². The quantitative estimate of drug-likeness (QED) is 0.918. The Morgan fingerprint density at radius 2 is 2.20 bits per heavy atom. The van der Waals surface area contributed by atoms with Crippen LogP contribution >= 0.6 is 27.3 Å². The Labute approximate surface area is 101 Å². The molecule has 0 spiro atoms. The largest absolute Gasteiger partial charge is 0.318 e. The maximum atomic E-state index is 6.15. The van der Waals surface area contributed by atoms with Crippen molar-refractivity contribution in [1.29, 1.82) is 0 Å². The van der Waals surface area contributed by atoms with Crippen LogP contribution in [0.3, 0.4) is 0 Å². The number of aryl methyl sites for hydroxylation is 1. The van der Waals surface area contributed by atoms with Gasteiger partial charge < -0.3 is 5.73 Å². The van der Waals surface area contributed by atoms with E-state index in [0.29, 0.717) is 0 Å². The van der Waals surface area contributed by atoms with Crippen molar-refractivity contribution in [3.05, 3.63) is 50.4 Å². The molecule has 0 aliphatic heterocycles. The SMILES string of the molecule is Cc1ccc(C(N)c2ncccc2Br)s1. The van der Waals surface area contributed by atoms with E-state index in [-0.39, 0.29) is 6.04 Å². The Balaban J connectivity index is 2.36. The molecule has 15 heavy (non-hydrogen) atoms. The van der Waals surface area contributed by atoms with Crippen LogP contribution in [0.1, 0.15) is 21.5 Å². The highest BCUT2D eigenvalue weighted by molar-refractivity contribution is 9.10. The van der Waals surface area contributed by atoms with E-state index in [0.717, 1.165) is 15.0 Å². The van der Waals surface area contributed by atoms with Crippen LogP contribution in [0.2, 0.25) is 0 Å². The second kappa shape index (κ2) is 4.43. The molecule has 0 aromatic carbocycles. The van der Waals surface area contributed by atoms with E-state index in [1.807, 2.05) is 12.1 Å². The summed E-state index contributed by atoms with van der Waals surface area (Å²) in [4.78, 5) is 6.71. The number of halogens is 1. The van der Waals surface area contributed by atoms with Crippen LogP contribution in [-0.2, 0) is 0 Å². The first-order valence-corrected chi connectivity index (χ1v) is 6.22. The minimum atomic E-state index is -0.140. The molecule has 0 aliphatic rings. The molecule has 2 aromatic rings. The van der Waals surface area contributed by atoms with Crippen LogP contribution in [0.15, 0.2) is 34.9 Å². The monoisotopic (exact) mass is 282 g/mol. The van der Waals surface area contributed by atoms with Gasteiger partial charge in [0.25, 0.3) is 0 Å². The van der Waals surface area contributed by atoms with Gasteiger partial charge in [-0.15, -0.1) is 11.3 Å². The van der Waals surface area contributed by atoms with E-state index in [4.69, 9.17) is 5.73 Å². The molecule has 2 N–H and O–H groups in total. The highest BCUT2D eigenvalue weighted by Gasteiger charge is 2.14. The standard InChI is InChI=1S/C11H11BrN2S/c1-7-4-5-9(15-7)10(13)11-8(12)3-2-6-14-11/h2-6,10H,13H2,1H3. The zero-order valence-electron chi connectivity index (χ0n) is 8.27. The smallest absolute Gasteiger partial charge is 0.0831 e. The normalized spacial score (nSPS) is 12.7. The lowest BCUT2D eigenvalue weighted by Crippen LogP contribution is -2.12. The lowest BCUT2D eigenvalue weighted by atomic mass is 10.1. The Morgan fingerprint density at radius 1 is 1.40 bits per heavy atom. The summed E-state index contributed by atoms with van der Waals surface area (Å²) in [6.07, 6.45) is 1.76. The van der Waals surface area contributed by atoms with Gasteiger partial charge in [-0.05, 0) is 47.1 Å². The van der Waals surface area contributed by atoms with Crippen LogP contribution < -0.4 is 5.73 Å². The summed E-state index contributed by atoms with van der Waals surface area (Å²) in [5, 5.41) is 0. The summed E-state index contributed by atoms with van der Waals surface area (Å²) >= 11 is 5.18. The molecule has 78 valence electrons. The predicted molar refractivity (Wildman–Crippen MR) is 67.0 cm³/mol. The molecular weight excluding hydrogens is 272 g/mol. The highest BCUT2D eigenvalue weighted by atomic mass is 79.9. The maximum Gasteiger partial charge on any atom is 0.0831 e. The van der Waals surface area contributed by atoms with Gasteiger partial charge in [-0.1, -0.05) is 0 Å². The number of nitrogens with two attached hydrogens (primary N) is 1. The van der Waals surface area contributed by atoms with Crippen molar-refractivity contribution in [2.75, 3.05) is 0 Å². The summed E-state index contributed by atoms with van der Waals surface area (Å²) in [6, 6.07) is 7.85. The molecule has 4 heteroatoms. The molecule has 0 amide bonds.